The van der Waals surface area contributed by atoms with Crippen molar-refractivity contribution < 1.29 is 8.42 Å². The van der Waals surface area contributed by atoms with E-state index in [1.807, 2.05) is 0 Å². The first-order valence-electron chi connectivity index (χ1n) is 3.49. The largest absolute Gasteiger partial charge is 0.270 e. The molecule has 1 heterocycles. The summed E-state index contributed by atoms with van der Waals surface area (Å²) in [5.41, 5.74) is 1.32. The molecule has 0 bridgehead atoms. The molecule has 0 saturated carbocycles. The van der Waals surface area contributed by atoms with E-state index in [9.17, 15) is 8.42 Å². The van der Waals surface area contributed by atoms with Crippen LogP contribution in [0.25, 0.3) is 0 Å². The Bertz CT molecular complexity index is 423. The lowest BCUT2D eigenvalue weighted by molar-refractivity contribution is 0.593. The third-order valence-corrected chi connectivity index (χ3v) is 3.31. The second-order valence-corrected chi connectivity index (χ2v) is 5.18. The topological polar surface area (TPSA) is 78.0 Å². The smallest absolute Gasteiger partial charge is 0.214 e. The summed E-state index contributed by atoms with van der Waals surface area (Å²) >= 11 is 3.25. The summed E-state index contributed by atoms with van der Waals surface area (Å²) < 4.78 is 23.9. The van der Waals surface area contributed by atoms with Gasteiger partial charge in [0.2, 0.25) is 10.0 Å². The van der Waals surface area contributed by atoms with Crippen molar-refractivity contribution in [1.82, 2.24) is 9.78 Å². The Balaban J connectivity index is 3.15. The zero-order valence-electron chi connectivity index (χ0n) is 7.28. The van der Waals surface area contributed by atoms with Crippen molar-refractivity contribution in [2.45, 2.75) is 12.7 Å². The van der Waals surface area contributed by atoms with Gasteiger partial charge in [-0.05, 0) is 22.9 Å². The molecule has 0 atom stereocenters. The van der Waals surface area contributed by atoms with Gasteiger partial charge >= 0.3 is 0 Å². The van der Waals surface area contributed by atoms with Gasteiger partial charge in [0, 0.05) is 7.05 Å². The number of halogens is 1. The molecule has 74 valence electrons. The van der Waals surface area contributed by atoms with Crippen LogP contribution >= 0.6 is 15.9 Å². The maximum atomic E-state index is 10.8. The molecule has 0 aromatic carbocycles. The standard InChI is InChI=1S/C6H10BrN3O2S/c1-4-6(7)5(10(2)9-4)3-13(8,11)12/h3H2,1-2H3,(H2,8,11,12). The van der Waals surface area contributed by atoms with Crippen molar-refractivity contribution in [3.8, 4) is 0 Å². The monoisotopic (exact) mass is 267 g/mol. The zero-order valence-corrected chi connectivity index (χ0v) is 9.68. The highest BCUT2D eigenvalue weighted by molar-refractivity contribution is 9.10. The normalized spacial score (nSPS) is 12.0. The summed E-state index contributed by atoms with van der Waals surface area (Å²) in [4.78, 5) is 0. The number of aromatic nitrogens is 2. The molecule has 7 heteroatoms. The molecular weight excluding hydrogens is 258 g/mol. The van der Waals surface area contributed by atoms with Crippen molar-refractivity contribution in [3.63, 3.8) is 0 Å². The average molecular weight is 268 g/mol. The zero-order chi connectivity index (χ0) is 10.2. The highest BCUT2D eigenvalue weighted by Gasteiger charge is 2.15. The molecule has 1 aromatic rings. The molecule has 1 aromatic heterocycles. The molecule has 0 saturated heterocycles. The van der Waals surface area contributed by atoms with Crippen LogP contribution in [0.5, 0.6) is 0 Å². The fourth-order valence-corrected chi connectivity index (χ4v) is 2.40. The van der Waals surface area contributed by atoms with Crippen molar-refractivity contribution in [1.29, 1.82) is 0 Å². The summed E-state index contributed by atoms with van der Waals surface area (Å²) in [5, 5.41) is 8.97. The highest BCUT2D eigenvalue weighted by Crippen LogP contribution is 2.21. The molecule has 0 fully saturated rings. The first-order valence-corrected chi connectivity index (χ1v) is 6.00. The Hall–Kier alpha value is -0.400. The summed E-state index contributed by atoms with van der Waals surface area (Å²) in [5.74, 6) is -0.203. The van der Waals surface area contributed by atoms with Crippen LogP contribution < -0.4 is 5.14 Å². The quantitative estimate of drug-likeness (QED) is 0.836. The molecule has 0 aliphatic carbocycles. The summed E-state index contributed by atoms with van der Waals surface area (Å²) in [6.07, 6.45) is 0. The van der Waals surface area contributed by atoms with Gasteiger partial charge in [0.15, 0.2) is 0 Å². The maximum absolute atomic E-state index is 10.8. The molecule has 0 radical (unpaired) electrons. The molecule has 0 amide bonds. The van der Waals surface area contributed by atoms with Crippen molar-refractivity contribution >= 4 is 26.0 Å². The number of primary sulfonamides is 1. The summed E-state index contributed by atoms with van der Waals surface area (Å²) in [6, 6.07) is 0. The van der Waals surface area contributed by atoms with E-state index in [0.717, 1.165) is 5.69 Å². The van der Waals surface area contributed by atoms with Crippen LogP contribution in [0.3, 0.4) is 0 Å². The van der Waals surface area contributed by atoms with Gasteiger partial charge in [-0.2, -0.15) is 5.10 Å². The molecule has 2 N–H and O–H groups in total. The van der Waals surface area contributed by atoms with Gasteiger partial charge in [-0.25, -0.2) is 13.6 Å². The minimum Gasteiger partial charge on any atom is -0.270 e. The van der Waals surface area contributed by atoms with Crippen LogP contribution in [-0.2, 0) is 22.8 Å². The lowest BCUT2D eigenvalue weighted by Gasteiger charge is -1.99. The number of nitrogens with zero attached hydrogens (tertiary/aromatic N) is 2. The van der Waals surface area contributed by atoms with Gasteiger partial charge in [0.25, 0.3) is 0 Å². The van der Waals surface area contributed by atoms with E-state index in [1.54, 1.807) is 14.0 Å². The molecule has 1 rings (SSSR count). The van der Waals surface area contributed by atoms with Gasteiger partial charge in [0.05, 0.1) is 15.9 Å². The molecule has 13 heavy (non-hydrogen) atoms. The number of rotatable bonds is 2. The first-order chi connectivity index (χ1) is 5.81. The molecule has 0 unspecified atom stereocenters. The lowest BCUT2D eigenvalue weighted by Crippen LogP contribution is -2.16. The molecule has 0 spiro atoms. The fraction of sp³-hybridized carbons (Fsp3) is 0.500. The van der Waals surface area contributed by atoms with E-state index in [2.05, 4.69) is 21.0 Å². The second kappa shape index (κ2) is 3.39. The van der Waals surface area contributed by atoms with Crippen molar-refractivity contribution in [3.05, 3.63) is 15.9 Å². The Morgan fingerprint density at radius 2 is 2.15 bits per heavy atom. The Morgan fingerprint density at radius 3 is 2.46 bits per heavy atom. The van der Waals surface area contributed by atoms with E-state index < -0.39 is 10.0 Å². The molecule has 5 nitrogen and oxygen atoms in total. The van der Waals surface area contributed by atoms with Crippen molar-refractivity contribution in [2.24, 2.45) is 12.2 Å². The second-order valence-electron chi connectivity index (χ2n) is 2.78. The van der Waals surface area contributed by atoms with Crippen LogP contribution in [0.15, 0.2) is 4.47 Å². The third-order valence-electron chi connectivity index (χ3n) is 1.60. The number of hydrogen-bond donors (Lipinski definition) is 1. The van der Waals surface area contributed by atoms with Crippen molar-refractivity contribution in [2.75, 3.05) is 0 Å². The minimum atomic E-state index is -3.50. The third kappa shape index (κ3) is 2.52. The Kier molecular flexibility index (Phi) is 2.79. The molecular formula is C6H10BrN3O2S. The van der Waals surface area contributed by atoms with Crippen LogP contribution in [-0.4, -0.2) is 18.2 Å². The minimum absolute atomic E-state index is 0.203. The predicted molar refractivity (Wildman–Crippen MR) is 52.5 cm³/mol. The Morgan fingerprint density at radius 1 is 1.62 bits per heavy atom. The number of nitrogens with two attached hydrogens (primary N) is 1. The SMILES string of the molecule is Cc1nn(C)c(CS(N)(=O)=O)c1Br. The number of aryl methyl sites for hydroxylation is 2. The average Bonchev–Trinajstić information content (AvgIpc) is 2.14. The predicted octanol–water partition coefficient (Wildman–Crippen LogP) is 0.280. The number of sulfonamides is 1. The number of hydrogen-bond acceptors (Lipinski definition) is 3. The van der Waals surface area contributed by atoms with Crippen LogP contribution in [0.4, 0.5) is 0 Å². The van der Waals surface area contributed by atoms with E-state index in [-0.39, 0.29) is 5.75 Å². The summed E-state index contributed by atoms with van der Waals surface area (Å²) in [6.45, 7) is 1.79. The van der Waals surface area contributed by atoms with Gasteiger partial charge in [-0.3, -0.25) is 4.68 Å². The van der Waals surface area contributed by atoms with Crippen LogP contribution in [0.1, 0.15) is 11.4 Å². The van der Waals surface area contributed by atoms with Gasteiger partial charge in [0.1, 0.15) is 5.75 Å². The molecule has 0 aliphatic rings. The van der Waals surface area contributed by atoms with E-state index in [0.29, 0.717) is 10.2 Å². The Labute approximate surface area is 85.1 Å². The molecule has 0 aliphatic heterocycles. The van der Waals surface area contributed by atoms with Gasteiger partial charge < -0.3 is 0 Å². The fourth-order valence-electron chi connectivity index (χ4n) is 1.03. The van der Waals surface area contributed by atoms with Gasteiger partial charge in [-0.15, -0.1) is 0 Å². The lowest BCUT2D eigenvalue weighted by atomic mass is 10.4. The van der Waals surface area contributed by atoms with E-state index >= 15 is 0 Å². The van der Waals surface area contributed by atoms with Gasteiger partial charge in [-0.1, -0.05) is 0 Å². The van der Waals surface area contributed by atoms with Crippen LogP contribution in [0, 0.1) is 6.92 Å². The first kappa shape index (κ1) is 10.7. The van der Waals surface area contributed by atoms with E-state index in [1.165, 1.54) is 4.68 Å². The highest BCUT2D eigenvalue weighted by atomic mass is 79.9. The maximum Gasteiger partial charge on any atom is 0.214 e. The van der Waals surface area contributed by atoms with E-state index in [4.69, 9.17) is 5.14 Å². The van der Waals surface area contributed by atoms with Crippen LogP contribution in [0.2, 0.25) is 0 Å². The summed E-state index contributed by atoms with van der Waals surface area (Å²) in [7, 11) is -1.82.